The normalized spacial score (nSPS) is 14.7. The van der Waals surface area contributed by atoms with Crippen molar-refractivity contribution in [2.75, 3.05) is 12.4 Å². The summed E-state index contributed by atoms with van der Waals surface area (Å²) in [7, 11) is 0. The summed E-state index contributed by atoms with van der Waals surface area (Å²) in [5, 5.41) is 7.34. The minimum absolute atomic E-state index is 0.0573. The number of nitrogens with one attached hydrogen (secondary N) is 1. The Labute approximate surface area is 162 Å². The molecule has 144 valence electrons. The third-order valence-corrected chi connectivity index (χ3v) is 5.27. The molecule has 2 aromatic rings. The van der Waals surface area contributed by atoms with Crippen LogP contribution in [0.25, 0.3) is 5.69 Å². The zero-order chi connectivity index (χ0) is 19.1. The maximum Gasteiger partial charge on any atom is 0.413 e. The molecule has 2 amide bonds. The van der Waals surface area contributed by atoms with Gasteiger partial charge in [-0.05, 0) is 31.9 Å². The van der Waals surface area contributed by atoms with Gasteiger partial charge in [0.25, 0.3) is 0 Å². The quantitative estimate of drug-likeness (QED) is 0.760. The van der Waals surface area contributed by atoms with E-state index in [0.29, 0.717) is 11.1 Å². The van der Waals surface area contributed by atoms with Crippen LogP contribution in [0.3, 0.4) is 0 Å². The number of imide groups is 1. The molecular formula is C19H24N4O3S. The summed E-state index contributed by atoms with van der Waals surface area (Å²) < 4.78 is 6.60. The summed E-state index contributed by atoms with van der Waals surface area (Å²) >= 11 is 1.22. The van der Waals surface area contributed by atoms with E-state index in [2.05, 4.69) is 10.4 Å². The van der Waals surface area contributed by atoms with E-state index >= 15 is 0 Å². The fourth-order valence-electron chi connectivity index (χ4n) is 3.20. The van der Waals surface area contributed by atoms with Gasteiger partial charge in [0.15, 0.2) is 0 Å². The highest BCUT2D eigenvalue weighted by atomic mass is 32.2. The highest BCUT2D eigenvalue weighted by molar-refractivity contribution is 7.99. The fraction of sp³-hybridized carbons (Fsp3) is 0.474. The van der Waals surface area contributed by atoms with Gasteiger partial charge in [0.05, 0.1) is 18.0 Å². The summed E-state index contributed by atoms with van der Waals surface area (Å²) in [6.45, 7) is 1.91. The number of aromatic nitrogens is 3. The van der Waals surface area contributed by atoms with Crippen molar-refractivity contribution in [2.24, 2.45) is 0 Å². The van der Waals surface area contributed by atoms with E-state index in [1.54, 1.807) is 6.92 Å². The molecule has 0 bridgehead atoms. The average molecular weight is 388 g/mol. The number of alkyl carbamates (subject to hydrolysis) is 1. The van der Waals surface area contributed by atoms with Gasteiger partial charge in [-0.25, -0.2) is 14.5 Å². The first-order chi connectivity index (χ1) is 13.2. The molecule has 1 aromatic heterocycles. The van der Waals surface area contributed by atoms with E-state index < -0.39 is 12.0 Å². The number of nitrogens with zero attached hydrogens (tertiary/aromatic N) is 3. The summed E-state index contributed by atoms with van der Waals surface area (Å²) in [5.74, 6) is 0.971. The Morgan fingerprint density at radius 2 is 1.96 bits per heavy atom. The minimum atomic E-state index is -0.728. The number of carbonyl (C=O) groups excluding carboxylic acids is 2. The van der Waals surface area contributed by atoms with Crippen LogP contribution in [-0.2, 0) is 9.53 Å². The van der Waals surface area contributed by atoms with E-state index in [-0.39, 0.29) is 12.4 Å². The molecule has 0 atom stereocenters. The number of carbonyl (C=O) groups is 2. The molecule has 0 saturated heterocycles. The van der Waals surface area contributed by atoms with E-state index in [4.69, 9.17) is 9.72 Å². The van der Waals surface area contributed by atoms with Gasteiger partial charge in [-0.1, -0.05) is 49.2 Å². The third kappa shape index (κ3) is 5.32. The number of amides is 2. The SMILES string of the molecule is CCOC(=O)NC(=O)CSc1nc(C2CCCCC2)n(-c2ccccc2)n1. The topological polar surface area (TPSA) is 86.1 Å². The maximum absolute atomic E-state index is 11.9. The van der Waals surface area contributed by atoms with Crippen LogP contribution in [0.4, 0.5) is 4.79 Å². The molecule has 1 N–H and O–H groups in total. The lowest BCUT2D eigenvalue weighted by Gasteiger charge is -2.21. The Morgan fingerprint density at radius 3 is 2.67 bits per heavy atom. The van der Waals surface area contributed by atoms with Crippen LogP contribution in [0.15, 0.2) is 35.5 Å². The monoisotopic (exact) mass is 388 g/mol. The van der Waals surface area contributed by atoms with Crippen LogP contribution in [-0.4, -0.2) is 39.1 Å². The molecule has 1 fully saturated rings. The number of thioether (sulfide) groups is 1. The zero-order valence-electron chi connectivity index (χ0n) is 15.4. The van der Waals surface area contributed by atoms with Crippen LogP contribution in [0.2, 0.25) is 0 Å². The second-order valence-electron chi connectivity index (χ2n) is 6.39. The van der Waals surface area contributed by atoms with Crippen LogP contribution >= 0.6 is 11.8 Å². The fourth-order valence-corrected chi connectivity index (χ4v) is 3.83. The van der Waals surface area contributed by atoms with Crippen LogP contribution in [0.5, 0.6) is 0 Å². The van der Waals surface area contributed by atoms with Crippen molar-refractivity contribution >= 4 is 23.8 Å². The number of benzene rings is 1. The first-order valence-corrected chi connectivity index (χ1v) is 10.3. The number of hydrogen-bond acceptors (Lipinski definition) is 6. The van der Waals surface area contributed by atoms with Crippen molar-refractivity contribution in [1.82, 2.24) is 20.1 Å². The summed E-state index contributed by atoms with van der Waals surface area (Å²) in [6.07, 6.45) is 5.17. The Kier molecular flexibility index (Phi) is 6.86. The van der Waals surface area contributed by atoms with Crippen molar-refractivity contribution < 1.29 is 14.3 Å². The molecule has 1 aliphatic rings. The van der Waals surface area contributed by atoms with Crippen molar-refractivity contribution in [1.29, 1.82) is 0 Å². The van der Waals surface area contributed by atoms with Gasteiger partial charge in [0, 0.05) is 5.92 Å². The number of hydrogen-bond donors (Lipinski definition) is 1. The second-order valence-corrected chi connectivity index (χ2v) is 7.33. The van der Waals surface area contributed by atoms with Crippen molar-refractivity contribution in [3.05, 3.63) is 36.2 Å². The Hall–Kier alpha value is -2.35. The van der Waals surface area contributed by atoms with Crippen molar-refractivity contribution in [3.63, 3.8) is 0 Å². The maximum atomic E-state index is 11.9. The number of rotatable bonds is 6. The van der Waals surface area contributed by atoms with Crippen LogP contribution in [0.1, 0.15) is 50.8 Å². The molecular weight excluding hydrogens is 364 g/mol. The van der Waals surface area contributed by atoms with E-state index in [9.17, 15) is 9.59 Å². The molecule has 7 nitrogen and oxygen atoms in total. The van der Waals surface area contributed by atoms with Gasteiger partial charge < -0.3 is 4.74 Å². The highest BCUT2D eigenvalue weighted by Crippen LogP contribution is 2.33. The van der Waals surface area contributed by atoms with Gasteiger partial charge in [-0.2, -0.15) is 0 Å². The zero-order valence-corrected chi connectivity index (χ0v) is 16.2. The predicted octanol–water partition coefficient (Wildman–Crippen LogP) is 3.68. The van der Waals surface area contributed by atoms with Gasteiger partial charge in [-0.15, -0.1) is 5.10 Å². The predicted molar refractivity (Wildman–Crippen MR) is 103 cm³/mol. The van der Waals surface area contributed by atoms with Gasteiger partial charge in [0.1, 0.15) is 5.82 Å². The van der Waals surface area contributed by atoms with Gasteiger partial charge in [-0.3, -0.25) is 10.1 Å². The molecule has 0 unspecified atom stereocenters. The smallest absolute Gasteiger partial charge is 0.413 e. The standard InChI is InChI=1S/C19H24N4O3S/c1-2-26-19(25)20-16(24)13-27-18-21-17(14-9-5-3-6-10-14)23(22-18)15-11-7-4-8-12-15/h4,7-8,11-12,14H,2-3,5-6,9-10,13H2,1H3,(H,20,24,25). The molecule has 1 aliphatic carbocycles. The van der Waals surface area contributed by atoms with E-state index in [1.807, 2.05) is 35.0 Å². The third-order valence-electron chi connectivity index (χ3n) is 4.43. The Bertz CT molecular complexity index is 773. The van der Waals surface area contributed by atoms with Gasteiger partial charge in [0.2, 0.25) is 11.1 Å². The summed E-state index contributed by atoms with van der Waals surface area (Å²) in [4.78, 5) is 27.9. The number of ether oxygens (including phenoxy) is 1. The lowest BCUT2D eigenvalue weighted by molar-refractivity contribution is -0.117. The van der Waals surface area contributed by atoms with E-state index in [0.717, 1.165) is 24.4 Å². The first-order valence-electron chi connectivity index (χ1n) is 9.29. The lowest BCUT2D eigenvalue weighted by Crippen LogP contribution is -2.32. The Balaban J connectivity index is 1.73. The second kappa shape index (κ2) is 9.55. The highest BCUT2D eigenvalue weighted by Gasteiger charge is 2.23. The summed E-state index contributed by atoms with van der Waals surface area (Å²) in [6, 6.07) is 9.92. The average Bonchev–Trinajstić information content (AvgIpc) is 3.12. The van der Waals surface area contributed by atoms with Gasteiger partial charge >= 0.3 is 6.09 Å². The van der Waals surface area contributed by atoms with Crippen LogP contribution < -0.4 is 5.32 Å². The molecule has 27 heavy (non-hydrogen) atoms. The Morgan fingerprint density at radius 1 is 1.22 bits per heavy atom. The minimum Gasteiger partial charge on any atom is -0.450 e. The van der Waals surface area contributed by atoms with E-state index in [1.165, 1.54) is 31.0 Å². The molecule has 0 spiro atoms. The van der Waals surface area contributed by atoms with Crippen molar-refractivity contribution in [3.8, 4) is 5.69 Å². The molecule has 8 heteroatoms. The molecule has 1 heterocycles. The molecule has 1 aromatic carbocycles. The lowest BCUT2D eigenvalue weighted by atomic mass is 9.88. The first kappa shape index (κ1) is 19.4. The van der Waals surface area contributed by atoms with Crippen molar-refractivity contribution in [2.45, 2.75) is 50.1 Å². The molecule has 3 rings (SSSR count). The molecule has 0 aliphatic heterocycles. The summed E-state index contributed by atoms with van der Waals surface area (Å²) in [5.41, 5.74) is 0.966. The van der Waals surface area contributed by atoms with Crippen LogP contribution in [0, 0.1) is 0 Å². The molecule has 0 radical (unpaired) electrons. The molecule has 1 saturated carbocycles. The largest absolute Gasteiger partial charge is 0.450 e. The number of para-hydroxylation sites is 1.